The van der Waals surface area contributed by atoms with E-state index in [0.29, 0.717) is 0 Å². The van der Waals surface area contributed by atoms with Gasteiger partial charge in [-0.25, -0.2) is 9.55 Å². The first kappa shape index (κ1) is 17.0. The van der Waals surface area contributed by atoms with Gasteiger partial charge < -0.3 is 35.5 Å². The zero-order valence-corrected chi connectivity index (χ0v) is 12.9. The lowest BCUT2D eigenvalue weighted by molar-refractivity contribution is -0.0220. The summed E-state index contributed by atoms with van der Waals surface area (Å²) in [4.78, 5) is 38.1. The number of phosphoric ester groups is 1. The van der Waals surface area contributed by atoms with Gasteiger partial charge in [0.15, 0.2) is 0 Å². The molecule has 1 aliphatic heterocycles. The van der Waals surface area contributed by atoms with Crippen molar-refractivity contribution in [3.8, 4) is 0 Å². The second-order valence-electron chi connectivity index (χ2n) is 5.28. The minimum Gasteiger partial charge on any atom is -0.387 e. The number of aliphatic hydroxyl groups is 2. The number of nitrogens with zero attached hydrogens (tertiary/aromatic N) is 1. The highest BCUT2D eigenvalue weighted by Gasteiger charge is 2.45. The molecule has 3 heterocycles. The van der Waals surface area contributed by atoms with Crippen LogP contribution in [-0.4, -0.2) is 59.9 Å². The molecule has 0 aromatic carbocycles. The highest BCUT2D eigenvalue weighted by molar-refractivity contribution is 7.46. The first-order valence-corrected chi connectivity index (χ1v) is 8.29. The van der Waals surface area contributed by atoms with Crippen molar-refractivity contribution in [2.24, 2.45) is 0 Å². The summed E-state index contributed by atoms with van der Waals surface area (Å²) < 4.78 is 20.5. The van der Waals surface area contributed by atoms with E-state index in [1.807, 2.05) is 0 Å². The van der Waals surface area contributed by atoms with Gasteiger partial charge in [0, 0.05) is 11.8 Å². The summed E-state index contributed by atoms with van der Waals surface area (Å²) in [5.74, 6) is -0.136. The molecule has 8 N–H and O–H groups in total. The second kappa shape index (κ2) is 5.93. The molecule has 0 aliphatic carbocycles. The Labute approximate surface area is 133 Å². The fourth-order valence-electron chi connectivity index (χ4n) is 2.58. The molecule has 0 bridgehead atoms. The molecule has 13 heteroatoms. The highest BCUT2D eigenvalue weighted by atomic mass is 31.2. The maximum Gasteiger partial charge on any atom is 0.469 e. The van der Waals surface area contributed by atoms with Crippen molar-refractivity contribution in [2.75, 3.05) is 12.3 Å². The molecule has 1 aliphatic rings. The Morgan fingerprint density at radius 1 is 1.38 bits per heavy atom. The van der Waals surface area contributed by atoms with Crippen LogP contribution >= 0.6 is 7.82 Å². The Kier molecular flexibility index (Phi) is 4.21. The number of nitrogen functional groups attached to an aromatic ring is 1. The van der Waals surface area contributed by atoms with Gasteiger partial charge in [0.05, 0.1) is 6.61 Å². The number of aromatic amines is 2. The van der Waals surface area contributed by atoms with Crippen molar-refractivity contribution < 1.29 is 33.8 Å². The van der Waals surface area contributed by atoms with Crippen molar-refractivity contribution in [3.63, 3.8) is 0 Å². The molecule has 0 saturated carbocycles. The first-order chi connectivity index (χ1) is 11.2. The maximum atomic E-state index is 11.8. The predicted octanol–water partition coefficient (Wildman–Crippen LogP) is -1.90. The van der Waals surface area contributed by atoms with E-state index in [4.69, 9.17) is 20.3 Å². The predicted molar refractivity (Wildman–Crippen MR) is 78.8 cm³/mol. The third-order valence-corrected chi connectivity index (χ3v) is 4.14. The number of nitrogens with two attached hydrogens (primary N) is 1. The Morgan fingerprint density at radius 2 is 2.08 bits per heavy atom. The van der Waals surface area contributed by atoms with Crippen LogP contribution in [0, 0.1) is 0 Å². The average molecular weight is 362 g/mol. The van der Waals surface area contributed by atoms with Gasteiger partial charge in [-0.2, -0.15) is 0 Å². The highest BCUT2D eigenvalue weighted by Crippen LogP contribution is 2.40. The maximum absolute atomic E-state index is 11.8. The summed E-state index contributed by atoms with van der Waals surface area (Å²) in [6, 6.07) is 0. The molecule has 1 saturated heterocycles. The second-order valence-corrected chi connectivity index (χ2v) is 6.52. The van der Waals surface area contributed by atoms with Crippen LogP contribution in [0.25, 0.3) is 11.0 Å². The van der Waals surface area contributed by atoms with Crippen LogP contribution in [0.5, 0.6) is 0 Å². The lowest BCUT2D eigenvalue weighted by Gasteiger charge is -2.14. The lowest BCUT2D eigenvalue weighted by Crippen LogP contribution is -2.33. The van der Waals surface area contributed by atoms with E-state index < -0.39 is 44.4 Å². The van der Waals surface area contributed by atoms with Crippen molar-refractivity contribution in [1.82, 2.24) is 15.0 Å². The Balaban J connectivity index is 1.90. The van der Waals surface area contributed by atoms with Crippen LogP contribution in [0.2, 0.25) is 0 Å². The molecule has 3 rings (SSSR count). The van der Waals surface area contributed by atoms with E-state index in [9.17, 15) is 19.6 Å². The fraction of sp³-hybridized carbons (Fsp3) is 0.455. The van der Waals surface area contributed by atoms with Crippen molar-refractivity contribution in [2.45, 2.75) is 24.4 Å². The minimum absolute atomic E-state index is 0.111. The average Bonchev–Trinajstić information content (AvgIpc) is 3.00. The van der Waals surface area contributed by atoms with Gasteiger partial charge in [-0.15, -0.1) is 0 Å². The van der Waals surface area contributed by atoms with E-state index in [2.05, 4.69) is 19.5 Å². The molecule has 4 atom stereocenters. The van der Waals surface area contributed by atoms with Gasteiger partial charge >= 0.3 is 7.82 Å². The minimum atomic E-state index is -4.75. The number of anilines is 1. The zero-order chi connectivity index (χ0) is 17.6. The SMILES string of the molecule is Nc1nc2c([C@@H]3O[C@H](COP(=O)(O)O)[C@@H](O)[C@H]3O)c[nH]c2c(=O)[nH]1. The molecule has 1 fully saturated rings. The molecule has 2 aromatic heterocycles. The van der Waals surface area contributed by atoms with Crippen LogP contribution in [0.1, 0.15) is 11.7 Å². The summed E-state index contributed by atoms with van der Waals surface area (Å²) in [7, 11) is -4.75. The van der Waals surface area contributed by atoms with Gasteiger partial charge in [0.2, 0.25) is 5.95 Å². The molecule has 132 valence electrons. The van der Waals surface area contributed by atoms with E-state index >= 15 is 0 Å². The molecule has 0 amide bonds. The smallest absolute Gasteiger partial charge is 0.387 e. The summed E-state index contributed by atoms with van der Waals surface area (Å²) in [5.41, 5.74) is 5.52. The van der Waals surface area contributed by atoms with Crippen molar-refractivity contribution >= 4 is 24.8 Å². The molecule has 0 spiro atoms. The number of hydrogen-bond donors (Lipinski definition) is 7. The molecule has 0 radical (unpaired) electrons. The lowest BCUT2D eigenvalue weighted by atomic mass is 10.0. The molecule has 0 unspecified atom stereocenters. The summed E-state index contributed by atoms with van der Waals surface area (Å²) in [5, 5.41) is 20.1. The Morgan fingerprint density at radius 3 is 2.75 bits per heavy atom. The molecule has 24 heavy (non-hydrogen) atoms. The summed E-state index contributed by atoms with van der Waals surface area (Å²) in [6.45, 7) is -0.627. The number of nitrogens with one attached hydrogen (secondary N) is 2. The Bertz CT molecular complexity index is 859. The van der Waals surface area contributed by atoms with E-state index in [1.54, 1.807) is 0 Å². The standard InChI is InChI=1S/C11H15N4O8P/c12-11-14-5-3(1-13-6(5)10(18)15-11)9-8(17)7(16)4(23-9)2-22-24(19,20)21/h1,4,7-9,13,16-17H,2H2,(H2,19,20,21)(H3,12,14,15,18)/t4-,7-,8-,9+/m1/s1. The van der Waals surface area contributed by atoms with Crippen molar-refractivity contribution in [1.29, 1.82) is 0 Å². The largest absolute Gasteiger partial charge is 0.469 e. The van der Waals surface area contributed by atoms with Crippen LogP contribution < -0.4 is 11.3 Å². The normalized spacial score (nSPS) is 27.8. The summed E-state index contributed by atoms with van der Waals surface area (Å²) in [6.07, 6.45) is -3.77. The fourth-order valence-corrected chi connectivity index (χ4v) is 2.92. The van der Waals surface area contributed by atoms with Crippen LogP contribution in [0.15, 0.2) is 11.0 Å². The number of aliphatic hydroxyl groups excluding tert-OH is 2. The first-order valence-electron chi connectivity index (χ1n) is 6.76. The quantitative estimate of drug-likeness (QED) is 0.301. The van der Waals surface area contributed by atoms with Gasteiger partial charge in [0.25, 0.3) is 5.56 Å². The zero-order valence-electron chi connectivity index (χ0n) is 12.0. The van der Waals surface area contributed by atoms with E-state index in [0.717, 1.165) is 0 Å². The van der Waals surface area contributed by atoms with Gasteiger partial charge in [-0.05, 0) is 0 Å². The van der Waals surface area contributed by atoms with Crippen molar-refractivity contribution in [3.05, 3.63) is 22.1 Å². The topological polar surface area (TPSA) is 204 Å². The number of aromatic nitrogens is 3. The number of ether oxygens (including phenoxy) is 1. The summed E-state index contributed by atoms with van der Waals surface area (Å²) >= 11 is 0. The number of fused-ring (bicyclic) bond motifs is 1. The third kappa shape index (κ3) is 3.08. The molecule has 12 nitrogen and oxygen atoms in total. The van der Waals surface area contributed by atoms with Gasteiger partial charge in [0.1, 0.15) is 35.4 Å². The number of phosphoric acid groups is 1. The van der Waals surface area contributed by atoms with E-state index in [1.165, 1.54) is 6.20 Å². The third-order valence-electron chi connectivity index (χ3n) is 3.66. The molecular weight excluding hydrogens is 347 g/mol. The monoisotopic (exact) mass is 362 g/mol. The van der Waals surface area contributed by atoms with Gasteiger partial charge in [-0.3, -0.25) is 14.3 Å². The van der Waals surface area contributed by atoms with Crippen LogP contribution in [-0.2, 0) is 13.8 Å². The van der Waals surface area contributed by atoms with E-state index in [-0.39, 0.29) is 22.5 Å². The number of hydrogen-bond acceptors (Lipinski definition) is 8. The Hall–Kier alpha value is -1.79. The molecule has 2 aromatic rings. The number of rotatable bonds is 4. The number of H-pyrrole nitrogens is 2. The molecular formula is C11H15N4O8P. The van der Waals surface area contributed by atoms with Crippen LogP contribution in [0.4, 0.5) is 5.95 Å². The van der Waals surface area contributed by atoms with Gasteiger partial charge in [-0.1, -0.05) is 0 Å². The van der Waals surface area contributed by atoms with Crippen LogP contribution in [0.3, 0.4) is 0 Å².